The first-order chi connectivity index (χ1) is 11.3. The van der Waals surface area contributed by atoms with Crippen molar-refractivity contribution in [1.82, 2.24) is 10.5 Å². The number of rotatable bonds is 5. The lowest BCUT2D eigenvalue weighted by atomic mass is 10.1. The van der Waals surface area contributed by atoms with Gasteiger partial charge in [-0.3, -0.25) is 4.79 Å². The van der Waals surface area contributed by atoms with Crippen LogP contribution in [0.5, 0.6) is 0 Å². The first-order valence-corrected chi connectivity index (χ1v) is 7.68. The highest BCUT2D eigenvalue weighted by molar-refractivity contribution is 5.95. The molecule has 0 aliphatic heterocycles. The first kappa shape index (κ1) is 15.0. The molecule has 1 heterocycles. The van der Waals surface area contributed by atoms with Gasteiger partial charge in [0, 0.05) is 29.3 Å². The SMILES string of the molecule is CCCNC(=O)c1cccc(-c2cc(-c3ccccc3)no2)c1. The van der Waals surface area contributed by atoms with Crippen molar-refractivity contribution in [3.05, 3.63) is 66.2 Å². The van der Waals surface area contributed by atoms with Gasteiger partial charge in [-0.15, -0.1) is 0 Å². The van der Waals surface area contributed by atoms with Crippen LogP contribution < -0.4 is 5.32 Å². The van der Waals surface area contributed by atoms with E-state index in [0.29, 0.717) is 17.9 Å². The second-order valence-corrected chi connectivity index (χ2v) is 5.28. The number of carbonyl (C=O) groups is 1. The maximum Gasteiger partial charge on any atom is 0.251 e. The highest BCUT2D eigenvalue weighted by atomic mass is 16.5. The lowest BCUT2D eigenvalue weighted by Crippen LogP contribution is -2.23. The summed E-state index contributed by atoms with van der Waals surface area (Å²) in [5, 5.41) is 6.98. The average Bonchev–Trinajstić information content (AvgIpc) is 3.11. The van der Waals surface area contributed by atoms with Crippen molar-refractivity contribution in [3.8, 4) is 22.6 Å². The Morgan fingerprint density at radius 2 is 1.83 bits per heavy atom. The highest BCUT2D eigenvalue weighted by Gasteiger charge is 2.11. The summed E-state index contributed by atoms with van der Waals surface area (Å²) in [7, 11) is 0. The topological polar surface area (TPSA) is 55.1 Å². The predicted molar refractivity (Wildman–Crippen MR) is 90.0 cm³/mol. The quantitative estimate of drug-likeness (QED) is 0.770. The predicted octanol–water partition coefficient (Wildman–Crippen LogP) is 4.15. The van der Waals surface area contributed by atoms with Gasteiger partial charge < -0.3 is 9.84 Å². The summed E-state index contributed by atoms with van der Waals surface area (Å²) in [5.74, 6) is 0.575. The Kier molecular flexibility index (Phi) is 4.52. The Labute approximate surface area is 135 Å². The molecule has 116 valence electrons. The molecule has 23 heavy (non-hydrogen) atoms. The fraction of sp³-hybridized carbons (Fsp3) is 0.158. The van der Waals surface area contributed by atoms with Gasteiger partial charge in [0.1, 0.15) is 5.69 Å². The van der Waals surface area contributed by atoms with Gasteiger partial charge in [0.15, 0.2) is 5.76 Å². The molecule has 1 N–H and O–H groups in total. The van der Waals surface area contributed by atoms with Gasteiger partial charge in [0.2, 0.25) is 0 Å². The second kappa shape index (κ2) is 6.92. The van der Waals surface area contributed by atoms with Crippen LogP contribution in [0.3, 0.4) is 0 Å². The Hall–Kier alpha value is -2.88. The lowest BCUT2D eigenvalue weighted by Gasteiger charge is -2.04. The van der Waals surface area contributed by atoms with E-state index in [-0.39, 0.29) is 5.91 Å². The molecule has 2 aromatic carbocycles. The standard InChI is InChI=1S/C19H18N2O2/c1-2-11-20-19(22)16-10-6-9-15(12-16)18-13-17(21-23-18)14-7-4-3-5-8-14/h3-10,12-13H,2,11H2,1H3,(H,20,22). The van der Waals surface area contributed by atoms with Crippen LogP contribution >= 0.6 is 0 Å². The number of nitrogens with one attached hydrogen (secondary N) is 1. The van der Waals surface area contributed by atoms with E-state index in [1.54, 1.807) is 6.07 Å². The van der Waals surface area contributed by atoms with Crippen LogP contribution in [0.1, 0.15) is 23.7 Å². The van der Waals surface area contributed by atoms with Crippen LogP contribution in [0.4, 0.5) is 0 Å². The zero-order chi connectivity index (χ0) is 16.1. The Morgan fingerprint density at radius 3 is 2.61 bits per heavy atom. The molecule has 3 rings (SSSR count). The minimum atomic E-state index is -0.0727. The molecule has 3 aromatic rings. The number of hydrogen-bond donors (Lipinski definition) is 1. The van der Waals surface area contributed by atoms with Crippen LogP contribution in [0.15, 0.2) is 65.2 Å². The normalized spacial score (nSPS) is 10.5. The van der Waals surface area contributed by atoms with Gasteiger partial charge in [0.25, 0.3) is 5.91 Å². The minimum absolute atomic E-state index is 0.0727. The van der Waals surface area contributed by atoms with Gasteiger partial charge in [-0.1, -0.05) is 54.5 Å². The molecule has 0 radical (unpaired) electrons. The first-order valence-electron chi connectivity index (χ1n) is 7.68. The summed E-state index contributed by atoms with van der Waals surface area (Å²) in [6.45, 7) is 2.69. The molecule has 0 unspecified atom stereocenters. The van der Waals surface area contributed by atoms with Crippen molar-refractivity contribution >= 4 is 5.91 Å². The number of benzene rings is 2. The third-order valence-electron chi connectivity index (χ3n) is 3.52. The van der Waals surface area contributed by atoms with Crippen LogP contribution in [-0.4, -0.2) is 17.6 Å². The molecular formula is C19H18N2O2. The largest absolute Gasteiger partial charge is 0.356 e. The third kappa shape index (κ3) is 3.48. The zero-order valence-electron chi connectivity index (χ0n) is 13.0. The summed E-state index contributed by atoms with van der Waals surface area (Å²) in [6.07, 6.45) is 0.911. The molecule has 0 bridgehead atoms. The fourth-order valence-electron chi connectivity index (χ4n) is 2.31. The maximum atomic E-state index is 12.1. The average molecular weight is 306 g/mol. The van der Waals surface area contributed by atoms with Crippen LogP contribution in [0.25, 0.3) is 22.6 Å². The summed E-state index contributed by atoms with van der Waals surface area (Å²) in [6, 6.07) is 19.1. The molecule has 1 aromatic heterocycles. The van der Waals surface area contributed by atoms with Gasteiger partial charge >= 0.3 is 0 Å². The summed E-state index contributed by atoms with van der Waals surface area (Å²) >= 11 is 0. The van der Waals surface area contributed by atoms with Crippen LogP contribution in [0.2, 0.25) is 0 Å². The molecule has 0 fully saturated rings. The van der Waals surface area contributed by atoms with E-state index in [4.69, 9.17) is 4.52 Å². The van der Waals surface area contributed by atoms with Gasteiger partial charge in [0.05, 0.1) is 0 Å². The number of amides is 1. The lowest BCUT2D eigenvalue weighted by molar-refractivity contribution is 0.0953. The number of nitrogens with zero attached hydrogens (tertiary/aromatic N) is 1. The van der Waals surface area contributed by atoms with Crippen molar-refractivity contribution < 1.29 is 9.32 Å². The molecule has 0 aliphatic carbocycles. The number of carbonyl (C=O) groups excluding carboxylic acids is 1. The Morgan fingerprint density at radius 1 is 1.04 bits per heavy atom. The minimum Gasteiger partial charge on any atom is -0.356 e. The monoisotopic (exact) mass is 306 g/mol. The smallest absolute Gasteiger partial charge is 0.251 e. The van der Waals surface area contributed by atoms with Crippen LogP contribution in [0, 0.1) is 0 Å². The molecule has 0 atom stereocenters. The second-order valence-electron chi connectivity index (χ2n) is 5.28. The highest BCUT2D eigenvalue weighted by Crippen LogP contribution is 2.26. The Balaban J connectivity index is 1.85. The van der Waals surface area contributed by atoms with Crippen molar-refractivity contribution in [2.45, 2.75) is 13.3 Å². The van der Waals surface area contributed by atoms with E-state index in [1.807, 2.05) is 61.5 Å². The summed E-state index contributed by atoms with van der Waals surface area (Å²) in [4.78, 5) is 12.1. The molecule has 1 amide bonds. The van der Waals surface area contributed by atoms with Crippen molar-refractivity contribution in [2.75, 3.05) is 6.54 Å². The van der Waals surface area contributed by atoms with Crippen molar-refractivity contribution in [1.29, 1.82) is 0 Å². The van der Waals surface area contributed by atoms with E-state index in [9.17, 15) is 4.79 Å². The van der Waals surface area contributed by atoms with E-state index >= 15 is 0 Å². The van der Waals surface area contributed by atoms with Gasteiger partial charge in [-0.25, -0.2) is 0 Å². The van der Waals surface area contributed by atoms with Crippen molar-refractivity contribution in [3.63, 3.8) is 0 Å². The fourth-order valence-corrected chi connectivity index (χ4v) is 2.31. The number of aromatic nitrogens is 1. The molecule has 0 saturated carbocycles. The molecule has 4 heteroatoms. The zero-order valence-corrected chi connectivity index (χ0v) is 13.0. The Bertz CT molecular complexity index is 794. The van der Waals surface area contributed by atoms with E-state index in [1.165, 1.54) is 0 Å². The van der Waals surface area contributed by atoms with Gasteiger partial charge in [-0.05, 0) is 18.6 Å². The van der Waals surface area contributed by atoms with E-state index in [2.05, 4.69) is 10.5 Å². The molecule has 0 aliphatic rings. The summed E-state index contributed by atoms with van der Waals surface area (Å²) in [5.41, 5.74) is 3.23. The molecule has 0 spiro atoms. The number of hydrogen-bond acceptors (Lipinski definition) is 3. The van der Waals surface area contributed by atoms with Crippen molar-refractivity contribution in [2.24, 2.45) is 0 Å². The van der Waals surface area contributed by atoms with E-state index < -0.39 is 0 Å². The molecule has 4 nitrogen and oxygen atoms in total. The summed E-state index contributed by atoms with van der Waals surface area (Å²) < 4.78 is 5.44. The molecular weight excluding hydrogens is 288 g/mol. The van der Waals surface area contributed by atoms with Gasteiger partial charge in [-0.2, -0.15) is 0 Å². The molecule has 0 saturated heterocycles. The van der Waals surface area contributed by atoms with E-state index in [0.717, 1.165) is 23.2 Å². The maximum absolute atomic E-state index is 12.1. The van der Waals surface area contributed by atoms with Crippen LogP contribution in [-0.2, 0) is 0 Å². The third-order valence-corrected chi connectivity index (χ3v) is 3.52.